The predicted molar refractivity (Wildman–Crippen MR) is 82.6 cm³/mol. The Balaban J connectivity index is 1.87. The number of H-pyrrole nitrogens is 1. The van der Waals surface area contributed by atoms with Crippen LogP contribution in [0.2, 0.25) is 0 Å². The summed E-state index contributed by atoms with van der Waals surface area (Å²) < 4.78 is 1.55. The number of amides is 1. The summed E-state index contributed by atoms with van der Waals surface area (Å²) in [5, 5.41) is 3.80. The van der Waals surface area contributed by atoms with Crippen molar-refractivity contribution in [2.24, 2.45) is 0 Å². The molecule has 3 rings (SSSR count). The number of hydrogen-bond acceptors (Lipinski definition) is 2. The number of pyridine rings is 1. The van der Waals surface area contributed by atoms with Crippen molar-refractivity contribution in [1.29, 1.82) is 0 Å². The molecule has 5 heteroatoms. The number of aromatic nitrogens is 2. The van der Waals surface area contributed by atoms with Gasteiger partial charge in [-0.3, -0.25) is 9.59 Å². The lowest BCUT2D eigenvalue weighted by atomic mass is 10.1. The van der Waals surface area contributed by atoms with E-state index >= 15 is 0 Å². The van der Waals surface area contributed by atoms with Crippen molar-refractivity contribution < 1.29 is 4.79 Å². The molecule has 2 aromatic heterocycles. The summed E-state index contributed by atoms with van der Waals surface area (Å²) in [5.41, 5.74) is 2.10. The number of carbonyl (C=O) groups is 1. The average Bonchev–Trinajstić information content (AvgIpc) is 2.96. The lowest BCUT2D eigenvalue weighted by Gasteiger charge is -2.08. The van der Waals surface area contributed by atoms with Crippen LogP contribution in [0.3, 0.4) is 0 Å². The van der Waals surface area contributed by atoms with Crippen molar-refractivity contribution in [2.75, 3.05) is 5.32 Å². The van der Waals surface area contributed by atoms with Gasteiger partial charge >= 0.3 is 0 Å². The fourth-order valence-corrected chi connectivity index (χ4v) is 2.25. The number of hydrogen-bond donors (Lipinski definition) is 2. The average molecular weight is 281 g/mol. The second kappa shape index (κ2) is 5.28. The molecule has 0 radical (unpaired) electrons. The highest BCUT2D eigenvalue weighted by molar-refractivity contribution is 6.06. The van der Waals surface area contributed by atoms with Crippen molar-refractivity contribution in [3.8, 4) is 0 Å². The van der Waals surface area contributed by atoms with Crippen LogP contribution in [0.5, 0.6) is 0 Å². The van der Waals surface area contributed by atoms with E-state index in [0.29, 0.717) is 17.8 Å². The molecule has 2 N–H and O–H groups in total. The largest absolute Gasteiger partial charge is 0.361 e. The van der Waals surface area contributed by atoms with Crippen LogP contribution in [0.25, 0.3) is 10.9 Å². The van der Waals surface area contributed by atoms with Crippen molar-refractivity contribution in [2.45, 2.75) is 13.5 Å². The van der Waals surface area contributed by atoms with Crippen molar-refractivity contribution >= 4 is 22.5 Å². The van der Waals surface area contributed by atoms with E-state index in [1.54, 1.807) is 22.9 Å². The number of nitrogens with one attached hydrogen (secondary N) is 2. The second-order valence-electron chi connectivity index (χ2n) is 4.78. The number of nitrogens with zero attached hydrogens (tertiary/aromatic N) is 1. The summed E-state index contributed by atoms with van der Waals surface area (Å²) in [6.45, 7) is 2.45. The van der Waals surface area contributed by atoms with Crippen molar-refractivity contribution in [3.63, 3.8) is 0 Å². The Morgan fingerprint density at radius 2 is 2.10 bits per heavy atom. The highest BCUT2D eigenvalue weighted by Crippen LogP contribution is 2.15. The highest BCUT2D eigenvalue weighted by Gasteiger charge is 2.08. The third-order valence-electron chi connectivity index (χ3n) is 3.40. The number of benzene rings is 1. The first-order valence-electron chi connectivity index (χ1n) is 6.76. The van der Waals surface area contributed by atoms with Gasteiger partial charge in [0.05, 0.1) is 5.69 Å². The molecule has 5 nitrogen and oxygen atoms in total. The van der Waals surface area contributed by atoms with Crippen LogP contribution >= 0.6 is 0 Å². The molecule has 0 unspecified atom stereocenters. The predicted octanol–water partition coefficient (Wildman–Crippen LogP) is 2.60. The number of fused-ring (bicyclic) bond motifs is 1. The molecule has 0 bridgehead atoms. The van der Waals surface area contributed by atoms with E-state index in [0.717, 1.165) is 10.9 Å². The van der Waals surface area contributed by atoms with Crippen molar-refractivity contribution in [3.05, 3.63) is 64.7 Å². The molecule has 0 saturated heterocycles. The second-order valence-corrected chi connectivity index (χ2v) is 4.78. The SMILES string of the molecule is CCn1cc(NC(=O)c2ccc3[nH]ccc3c2)ccc1=O. The van der Waals surface area contributed by atoms with Gasteiger partial charge < -0.3 is 14.9 Å². The van der Waals surface area contributed by atoms with E-state index in [9.17, 15) is 9.59 Å². The molecular weight excluding hydrogens is 266 g/mol. The molecule has 2 heterocycles. The Kier molecular flexibility index (Phi) is 3.31. The number of aromatic amines is 1. The minimum absolute atomic E-state index is 0.0794. The van der Waals surface area contributed by atoms with E-state index in [1.165, 1.54) is 6.07 Å². The fourth-order valence-electron chi connectivity index (χ4n) is 2.25. The quantitative estimate of drug-likeness (QED) is 0.775. The maximum Gasteiger partial charge on any atom is 0.255 e. The Hall–Kier alpha value is -2.82. The summed E-state index contributed by atoms with van der Waals surface area (Å²) in [6.07, 6.45) is 3.48. The lowest BCUT2D eigenvalue weighted by Crippen LogP contribution is -2.19. The van der Waals surface area contributed by atoms with Crippen LogP contribution in [0, 0.1) is 0 Å². The maximum absolute atomic E-state index is 12.3. The normalized spacial score (nSPS) is 10.7. The first-order chi connectivity index (χ1) is 10.2. The zero-order chi connectivity index (χ0) is 14.8. The molecule has 0 atom stereocenters. The summed E-state index contributed by atoms with van der Waals surface area (Å²) in [6, 6.07) is 10.5. The van der Waals surface area contributed by atoms with Gasteiger partial charge in [-0.15, -0.1) is 0 Å². The van der Waals surface area contributed by atoms with Crippen LogP contribution < -0.4 is 10.9 Å². The maximum atomic E-state index is 12.3. The number of carbonyl (C=O) groups excluding carboxylic acids is 1. The zero-order valence-electron chi connectivity index (χ0n) is 11.6. The van der Waals surface area contributed by atoms with Crippen LogP contribution in [-0.2, 0) is 6.54 Å². The van der Waals surface area contributed by atoms with Crippen LogP contribution in [0.1, 0.15) is 17.3 Å². The van der Waals surface area contributed by atoms with Crippen molar-refractivity contribution in [1.82, 2.24) is 9.55 Å². The summed E-state index contributed by atoms with van der Waals surface area (Å²) >= 11 is 0. The van der Waals surface area contributed by atoms with Gasteiger partial charge in [0.15, 0.2) is 0 Å². The number of rotatable bonds is 3. The van der Waals surface area contributed by atoms with E-state index in [-0.39, 0.29) is 11.5 Å². The molecule has 0 aliphatic rings. The Labute approximate surface area is 121 Å². The monoisotopic (exact) mass is 281 g/mol. The van der Waals surface area contributed by atoms with E-state index in [1.807, 2.05) is 31.3 Å². The molecular formula is C16H15N3O2. The minimum atomic E-state index is -0.195. The van der Waals surface area contributed by atoms with Gasteiger partial charge in [0.1, 0.15) is 0 Å². The molecule has 3 aromatic rings. The molecule has 106 valence electrons. The number of aryl methyl sites for hydroxylation is 1. The molecule has 0 aliphatic heterocycles. The van der Waals surface area contributed by atoms with Gasteiger partial charge in [-0.2, -0.15) is 0 Å². The highest BCUT2D eigenvalue weighted by atomic mass is 16.1. The van der Waals surface area contributed by atoms with Gasteiger partial charge in [-0.1, -0.05) is 0 Å². The van der Waals surface area contributed by atoms with Crippen LogP contribution in [0.4, 0.5) is 5.69 Å². The van der Waals surface area contributed by atoms with Gasteiger partial charge in [0, 0.05) is 41.5 Å². The molecule has 0 spiro atoms. The first-order valence-corrected chi connectivity index (χ1v) is 6.76. The van der Waals surface area contributed by atoms with Crippen LogP contribution in [0.15, 0.2) is 53.6 Å². The first kappa shape index (κ1) is 13.2. The Morgan fingerprint density at radius 1 is 1.24 bits per heavy atom. The molecule has 1 aromatic carbocycles. The van der Waals surface area contributed by atoms with Gasteiger partial charge in [-0.25, -0.2) is 0 Å². The van der Waals surface area contributed by atoms with Gasteiger partial charge in [-0.05, 0) is 37.3 Å². The van der Waals surface area contributed by atoms with E-state index < -0.39 is 0 Å². The summed E-state index contributed by atoms with van der Waals surface area (Å²) in [5.74, 6) is -0.195. The Morgan fingerprint density at radius 3 is 2.90 bits per heavy atom. The molecule has 0 aliphatic carbocycles. The molecule has 0 saturated carbocycles. The topological polar surface area (TPSA) is 66.9 Å². The minimum Gasteiger partial charge on any atom is -0.361 e. The summed E-state index contributed by atoms with van der Waals surface area (Å²) in [7, 11) is 0. The Bertz CT molecular complexity index is 861. The molecule has 1 amide bonds. The van der Waals surface area contributed by atoms with E-state index in [2.05, 4.69) is 10.3 Å². The third kappa shape index (κ3) is 2.58. The fraction of sp³-hybridized carbons (Fsp3) is 0.125. The zero-order valence-corrected chi connectivity index (χ0v) is 11.6. The lowest BCUT2D eigenvalue weighted by molar-refractivity contribution is 0.102. The van der Waals surface area contributed by atoms with Gasteiger partial charge in [0.2, 0.25) is 0 Å². The van der Waals surface area contributed by atoms with Crippen LogP contribution in [-0.4, -0.2) is 15.5 Å². The van der Waals surface area contributed by atoms with E-state index in [4.69, 9.17) is 0 Å². The smallest absolute Gasteiger partial charge is 0.255 e. The standard InChI is InChI=1S/C16H15N3O2/c1-2-19-10-13(4-6-15(19)20)18-16(21)12-3-5-14-11(9-12)7-8-17-14/h3-10,17H,2H2,1H3,(H,18,21). The van der Waals surface area contributed by atoms with Gasteiger partial charge in [0.25, 0.3) is 11.5 Å². The third-order valence-corrected chi connectivity index (χ3v) is 3.40. The summed E-state index contributed by atoms with van der Waals surface area (Å²) in [4.78, 5) is 26.9. The molecule has 0 fully saturated rings. The number of anilines is 1. The molecule has 21 heavy (non-hydrogen) atoms.